The van der Waals surface area contributed by atoms with Crippen LogP contribution in [-0.4, -0.2) is 23.8 Å². The number of hydrogen-bond donors (Lipinski definition) is 0. The number of rotatable bonds is 0. The van der Waals surface area contributed by atoms with Crippen LogP contribution < -0.4 is 0 Å². The second kappa shape index (κ2) is 3.83. The quantitative estimate of drug-likeness (QED) is 0.606. The number of hydroxylamine groups is 2. The first-order valence-corrected chi connectivity index (χ1v) is 7.44. The molecular formula is C16H27NO. The molecule has 0 spiro atoms. The van der Waals surface area contributed by atoms with Crippen molar-refractivity contribution in [2.75, 3.05) is 7.05 Å². The van der Waals surface area contributed by atoms with E-state index < -0.39 is 0 Å². The molecule has 0 bridgehead atoms. The number of nitrogens with zero attached hydrogens (tertiary/aromatic N) is 1. The summed E-state index contributed by atoms with van der Waals surface area (Å²) in [5.74, 6) is 1.37. The Morgan fingerprint density at radius 3 is 2.72 bits per heavy atom. The lowest BCUT2D eigenvalue weighted by atomic mass is 9.54. The molecule has 0 unspecified atom stereocenters. The van der Waals surface area contributed by atoms with Crippen molar-refractivity contribution in [2.24, 2.45) is 17.3 Å². The van der Waals surface area contributed by atoms with Gasteiger partial charge in [-0.15, -0.1) is 0 Å². The highest BCUT2D eigenvalue weighted by Gasteiger charge is 2.57. The van der Waals surface area contributed by atoms with Gasteiger partial charge in [0.1, 0.15) is 0 Å². The highest BCUT2D eigenvalue weighted by atomic mass is 16.7. The maximum absolute atomic E-state index is 6.14. The van der Waals surface area contributed by atoms with Gasteiger partial charge in [0, 0.05) is 24.9 Å². The molecule has 4 atom stereocenters. The summed E-state index contributed by atoms with van der Waals surface area (Å²) in [6, 6.07) is 0.579. The Balaban J connectivity index is 2.01. The molecule has 0 aromatic rings. The van der Waals surface area contributed by atoms with Crippen LogP contribution in [0.15, 0.2) is 11.6 Å². The summed E-state index contributed by atoms with van der Waals surface area (Å²) in [6.45, 7) is 9.37. The van der Waals surface area contributed by atoms with Crippen LogP contribution in [0.3, 0.4) is 0 Å². The van der Waals surface area contributed by atoms with Gasteiger partial charge < -0.3 is 0 Å². The third-order valence-corrected chi connectivity index (χ3v) is 5.90. The molecule has 0 aromatic carbocycles. The van der Waals surface area contributed by atoms with Crippen LogP contribution >= 0.6 is 0 Å². The van der Waals surface area contributed by atoms with Crippen molar-refractivity contribution in [3.63, 3.8) is 0 Å². The van der Waals surface area contributed by atoms with Crippen molar-refractivity contribution < 1.29 is 4.84 Å². The van der Waals surface area contributed by atoms with Gasteiger partial charge in [-0.1, -0.05) is 18.6 Å². The van der Waals surface area contributed by atoms with Crippen LogP contribution in [0.4, 0.5) is 0 Å². The SMILES string of the molecule is CC1=CCC[C@]2(C)CC[C@@H]3[C@@H]([C@@H]12)N(C)OC3(C)C. The number of allylic oxidation sites excluding steroid dienone is 1. The van der Waals surface area contributed by atoms with Gasteiger partial charge in [0.15, 0.2) is 0 Å². The summed E-state index contributed by atoms with van der Waals surface area (Å²) in [5, 5.41) is 2.18. The molecule has 0 aromatic heterocycles. The molecule has 1 heterocycles. The molecule has 3 aliphatic rings. The van der Waals surface area contributed by atoms with Gasteiger partial charge in [0.2, 0.25) is 0 Å². The standard InChI is InChI=1S/C16H27NO/c1-11-7-6-9-16(4)10-8-12-14(13(11)16)17(5)18-15(12,2)3/h7,12-14H,6,8-10H2,1-5H3/t12-,13-,14+,16-/m1/s1. The third kappa shape index (κ3) is 1.61. The summed E-state index contributed by atoms with van der Waals surface area (Å²) >= 11 is 0. The summed E-state index contributed by atoms with van der Waals surface area (Å²) < 4.78 is 0. The van der Waals surface area contributed by atoms with E-state index in [1.54, 1.807) is 5.57 Å². The fraction of sp³-hybridized carbons (Fsp3) is 0.875. The Morgan fingerprint density at radius 1 is 1.28 bits per heavy atom. The van der Waals surface area contributed by atoms with Gasteiger partial charge in [0.05, 0.1) is 5.60 Å². The molecule has 2 fully saturated rings. The Labute approximate surface area is 111 Å². The summed E-state index contributed by atoms with van der Waals surface area (Å²) in [7, 11) is 2.14. The maximum Gasteiger partial charge on any atom is 0.0887 e. The lowest BCUT2D eigenvalue weighted by molar-refractivity contribution is -0.184. The number of fused-ring (bicyclic) bond motifs is 3. The Hall–Kier alpha value is -0.340. The molecule has 2 aliphatic carbocycles. The van der Waals surface area contributed by atoms with E-state index in [4.69, 9.17) is 4.84 Å². The van der Waals surface area contributed by atoms with Gasteiger partial charge >= 0.3 is 0 Å². The molecule has 18 heavy (non-hydrogen) atoms. The van der Waals surface area contributed by atoms with Gasteiger partial charge in [-0.25, -0.2) is 0 Å². The number of hydrogen-bond acceptors (Lipinski definition) is 2. The largest absolute Gasteiger partial charge is 0.293 e. The molecule has 1 saturated carbocycles. The highest BCUT2D eigenvalue weighted by molar-refractivity contribution is 5.20. The summed E-state index contributed by atoms with van der Waals surface area (Å²) in [5.41, 5.74) is 2.11. The van der Waals surface area contributed by atoms with Crippen molar-refractivity contribution in [3.05, 3.63) is 11.6 Å². The Kier molecular flexibility index (Phi) is 2.70. The maximum atomic E-state index is 6.14. The lowest BCUT2D eigenvalue weighted by Gasteiger charge is -2.51. The van der Waals surface area contributed by atoms with Gasteiger partial charge in [0.25, 0.3) is 0 Å². The predicted molar refractivity (Wildman–Crippen MR) is 74.0 cm³/mol. The highest BCUT2D eigenvalue weighted by Crippen LogP contribution is 2.57. The minimum Gasteiger partial charge on any atom is -0.293 e. The monoisotopic (exact) mass is 249 g/mol. The molecule has 2 nitrogen and oxygen atoms in total. The zero-order valence-corrected chi connectivity index (χ0v) is 12.5. The first-order chi connectivity index (χ1) is 8.35. The summed E-state index contributed by atoms with van der Waals surface area (Å²) in [4.78, 5) is 6.14. The molecule has 1 aliphatic heterocycles. The van der Waals surface area contributed by atoms with Crippen LogP contribution in [0.2, 0.25) is 0 Å². The first kappa shape index (κ1) is 12.7. The van der Waals surface area contributed by atoms with Crippen molar-refractivity contribution in [1.29, 1.82) is 0 Å². The summed E-state index contributed by atoms with van der Waals surface area (Å²) in [6.07, 6.45) is 7.78. The third-order valence-electron chi connectivity index (χ3n) is 5.90. The van der Waals surface area contributed by atoms with E-state index in [9.17, 15) is 0 Å². The average Bonchev–Trinajstić information content (AvgIpc) is 2.48. The van der Waals surface area contributed by atoms with Gasteiger partial charge in [-0.2, -0.15) is 5.06 Å². The van der Waals surface area contributed by atoms with Crippen LogP contribution in [0.5, 0.6) is 0 Å². The lowest BCUT2D eigenvalue weighted by Crippen LogP contribution is -2.51. The zero-order valence-electron chi connectivity index (χ0n) is 12.5. The van der Waals surface area contributed by atoms with Crippen LogP contribution in [-0.2, 0) is 4.84 Å². The normalized spacial score (nSPS) is 47.4. The molecule has 0 amide bonds. The van der Waals surface area contributed by atoms with E-state index in [1.165, 1.54) is 25.7 Å². The topological polar surface area (TPSA) is 12.5 Å². The fourth-order valence-corrected chi connectivity index (χ4v) is 5.03. The second-order valence-electron chi connectivity index (χ2n) is 7.50. The zero-order chi connectivity index (χ0) is 13.1. The second-order valence-corrected chi connectivity index (χ2v) is 7.50. The van der Waals surface area contributed by atoms with Crippen LogP contribution in [0, 0.1) is 17.3 Å². The molecule has 2 heteroatoms. The van der Waals surface area contributed by atoms with Crippen molar-refractivity contribution in [3.8, 4) is 0 Å². The van der Waals surface area contributed by atoms with E-state index >= 15 is 0 Å². The molecule has 1 saturated heterocycles. The van der Waals surface area contributed by atoms with Gasteiger partial charge in [-0.3, -0.25) is 4.84 Å². The smallest absolute Gasteiger partial charge is 0.0887 e. The Morgan fingerprint density at radius 2 is 2.00 bits per heavy atom. The van der Waals surface area contributed by atoms with Crippen LogP contribution in [0.1, 0.15) is 53.4 Å². The van der Waals surface area contributed by atoms with Crippen LogP contribution in [0.25, 0.3) is 0 Å². The average molecular weight is 249 g/mol. The van der Waals surface area contributed by atoms with E-state index in [2.05, 4.69) is 45.9 Å². The molecule has 102 valence electrons. The molecule has 0 radical (unpaired) electrons. The van der Waals surface area contributed by atoms with E-state index in [1.807, 2.05) is 0 Å². The minimum absolute atomic E-state index is 0.0124. The predicted octanol–water partition coefficient (Wildman–Crippen LogP) is 3.78. The van der Waals surface area contributed by atoms with E-state index in [-0.39, 0.29) is 5.60 Å². The van der Waals surface area contributed by atoms with E-state index in [0.29, 0.717) is 23.3 Å². The molecule has 0 N–H and O–H groups in total. The first-order valence-electron chi connectivity index (χ1n) is 7.44. The van der Waals surface area contributed by atoms with Crippen molar-refractivity contribution >= 4 is 0 Å². The molecule has 3 rings (SSSR count). The molecular weight excluding hydrogens is 222 g/mol. The van der Waals surface area contributed by atoms with Gasteiger partial charge in [-0.05, 0) is 51.9 Å². The minimum atomic E-state index is 0.0124. The van der Waals surface area contributed by atoms with Crippen molar-refractivity contribution in [1.82, 2.24) is 5.06 Å². The Bertz CT molecular complexity index is 387. The van der Waals surface area contributed by atoms with E-state index in [0.717, 1.165) is 0 Å². The van der Waals surface area contributed by atoms with Crippen molar-refractivity contribution in [2.45, 2.75) is 65.0 Å². The fourth-order valence-electron chi connectivity index (χ4n) is 5.03.